The van der Waals surface area contributed by atoms with Crippen molar-refractivity contribution in [2.75, 3.05) is 0 Å². The molecule has 194 valence electrons. The number of phenols is 1. The second-order valence-electron chi connectivity index (χ2n) is 11.0. The predicted octanol–water partition coefficient (Wildman–Crippen LogP) is 8.73. The van der Waals surface area contributed by atoms with Gasteiger partial charge in [-0.1, -0.05) is 86.6 Å². The topological polar surface area (TPSA) is 50.9 Å². The highest BCUT2D eigenvalue weighted by Gasteiger charge is 2.27. The second-order valence-corrected chi connectivity index (χ2v) is 11.0. The van der Waals surface area contributed by atoms with Crippen LogP contribution in [0.3, 0.4) is 0 Å². The van der Waals surface area contributed by atoms with Crippen LogP contribution in [0.5, 0.6) is 5.75 Å². The van der Waals surface area contributed by atoms with Gasteiger partial charge >= 0.3 is 0 Å². The van der Waals surface area contributed by atoms with Gasteiger partial charge in [0.25, 0.3) is 0 Å². The summed E-state index contributed by atoms with van der Waals surface area (Å²) in [7, 11) is 0. The van der Waals surface area contributed by atoms with Crippen LogP contribution in [0.25, 0.3) is 49.7 Å². The van der Waals surface area contributed by atoms with Gasteiger partial charge < -0.3 is 5.11 Å². The van der Waals surface area contributed by atoms with Crippen LogP contribution in [0.1, 0.15) is 30.7 Å². The van der Waals surface area contributed by atoms with E-state index in [0.717, 1.165) is 44.6 Å². The molecule has 3 heterocycles. The van der Waals surface area contributed by atoms with E-state index in [1.54, 1.807) is 0 Å². The van der Waals surface area contributed by atoms with Crippen molar-refractivity contribution in [3.8, 4) is 22.7 Å². The Balaban J connectivity index is 1.41. The number of nitrogens with zero attached hydrogens (tertiary/aromatic N) is 3. The van der Waals surface area contributed by atoms with Crippen molar-refractivity contribution in [2.45, 2.75) is 26.2 Å². The molecule has 0 fully saturated rings. The fourth-order valence-corrected chi connectivity index (χ4v) is 5.77. The van der Waals surface area contributed by atoms with Crippen LogP contribution >= 0.6 is 0 Å². The Morgan fingerprint density at radius 2 is 1.48 bits per heavy atom. The zero-order chi connectivity index (χ0) is 27.4. The van der Waals surface area contributed by atoms with Crippen molar-refractivity contribution in [1.29, 1.82) is 0 Å². The predicted molar refractivity (Wildman–Crippen MR) is 164 cm³/mol. The first-order valence-corrected chi connectivity index (χ1v) is 13.6. The van der Waals surface area contributed by atoms with Crippen LogP contribution in [0, 0.1) is 6.92 Å². The highest BCUT2D eigenvalue weighted by atomic mass is 16.3. The maximum atomic E-state index is 11.3. The van der Waals surface area contributed by atoms with Crippen LogP contribution in [0.15, 0.2) is 115 Å². The van der Waals surface area contributed by atoms with E-state index in [2.05, 4.69) is 86.0 Å². The molecule has 0 aliphatic carbocycles. The quantitative estimate of drug-likeness (QED) is 0.253. The smallest absolute Gasteiger partial charge is 0.149 e. The molecule has 0 atom stereocenters. The normalized spacial score (nSPS) is 12.0. The molecule has 0 saturated carbocycles. The largest absolute Gasteiger partial charge is 0.505 e. The summed E-state index contributed by atoms with van der Waals surface area (Å²) in [6.45, 7) is 6.48. The maximum absolute atomic E-state index is 11.3. The van der Waals surface area contributed by atoms with Gasteiger partial charge in [-0.2, -0.15) is 0 Å². The van der Waals surface area contributed by atoms with Crippen molar-refractivity contribution in [3.63, 3.8) is 0 Å². The van der Waals surface area contributed by atoms with Gasteiger partial charge in [0.1, 0.15) is 17.1 Å². The van der Waals surface area contributed by atoms with E-state index in [1.165, 1.54) is 16.3 Å². The molecule has 0 amide bonds. The third kappa shape index (κ3) is 3.76. The maximum Gasteiger partial charge on any atom is 0.149 e. The molecule has 40 heavy (non-hydrogen) atoms. The molecule has 4 heteroatoms. The Morgan fingerprint density at radius 1 is 0.725 bits per heavy atom. The molecule has 4 nitrogen and oxygen atoms in total. The third-order valence-electron chi connectivity index (χ3n) is 8.09. The van der Waals surface area contributed by atoms with E-state index in [4.69, 9.17) is 9.97 Å². The Hall–Kier alpha value is -4.96. The zero-order valence-electron chi connectivity index (χ0n) is 22.8. The van der Waals surface area contributed by atoms with Crippen LogP contribution in [-0.4, -0.2) is 19.6 Å². The molecule has 0 bridgehead atoms. The fourth-order valence-electron chi connectivity index (χ4n) is 5.77. The lowest BCUT2D eigenvalue weighted by Gasteiger charge is -2.26. The number of hydrogen-bond acceptors (Lipinski definition) is 3. The van der Waals surface area contributed by atoms with Crippen LogP contribution in [-0.2, 0) is 5.41 Å². The van der Waals surface area contributed by atoms with Crippen molar-refractivity contribution in [1.82, 2.24) is 14.5 Å². The summed E-state index contributed by atoms with van der Waals surface area (Å²) in [6.07, 6.45) is 1.87. The third-order valence-corrected chi connectivity index (χ3v) is 8.09. The van der Waals surface area contributed by atoms with Crippen molar-refractivity contribution < 1.29 is 5.11 Å². The molecular formula is C36H29N3O. The van der Waals surface area contributed by atoms with E-state index in [9.17, 15) is 5.11 Å². The number of aryl methyl sites for hydroxylation is 1. The number of rotatable bonds is 4. The Bertz CT molecular complexity index is 2050. The molecule has 0 spiro atoms. The SMILES string of the molecule is Cc1ccnc(-n2c3ccccc3c3ccc(C(C)(C)c4ccc5ccc(-c6ccccc6)c(O)c5n4)cc32)c1. The molecule has 0 unspecified atom stereocenters. The summed E-state index contributed by atoms with van der Waals surface area (Å²) >= 11 is 0. The van der Waals surface area contributed by atoms with Gasteiger partial charge in [0.05, 0.1) is 16.7 Å². The van der Waals surface area contributed by atoms with Crippen LogP contribution in [0.4, 0.5) is 0 Å². The number of fused-ring (bicyclic) bond motifs is 4. The number of aromatic hydroxyl groups is 1. The lowest BCUT2D eigenvalue weighted by Crippen LogP contribution is -2.20. The molecule has 7 aromatic rings. The van der Waals surface area contributed by atoms with Crippen molar-refractivity contribution in [2.24, 2.45) is 0 Å². The van der Waals surface area contributed by atoms with Gasteiger partial charge in [0, 0.05) is 33.3 Å². The highest BCUT2D eigenvalue weighted by molar-refractivity contribution is 6.09. The molecule has 0 aliphatic heterocycles. The molecule has 1 N–H and O–H groups in total. The Labute approximate surface area is 233 Å². The summed E-state index contributed by atoms with van der Waals surface area (Å²) in [4.78, 5) is 9.79. The lowest BCUT2D eigenvalue weighted by molar-refractivity contribution is 0.481. The number of hydrogen-bond donors (Lipinski definition) is 1. The molecule has 0 radical (unpaired) electrons. The molecular weight excluding hydrogens is 490 g/mol. The molecule has 3 aromatic heterocycles. The van der Waals surface area contributed by atoms with E-state index in [1.807, 2.05) is 54.7 Å². The standard InChI is InChI=1S/C36H29N3O/c1-23-19-20-37-33(21-23)39-30-12-8-7-11-28(30)29-17-15-26(22-31(29)39)36(2,3)32-18-14-25-13-16-27(35(40)34(25)38-32)24-9-5-4-6-10-24/h4-22,40H,1-3H3. The minimum Gasteiger partial charge on any atom is -0.505 e. The van der Waals surface area contributed by atoms with Gasteiger partial charge in [-0.3, -0.25) is 4.57 Å². The van der Waals surface area contributed by atoms with E-state index in [-0.39, 0.29) is 5.75 Å². The minimum absolute atomic E-state index is 0.211. The van der Waals surface area contributed by atoms with Crippen LogP contribution in [0.2, 0.25) is 0 Å². The molecule has 7 rings (SSSR count). The summed E-state index contributed by atoms with van der Waals surface area (Å²) in [5.41, 5.74) is 7.40. The first-order chi connectivity index (χ1) is 19.4. The minimum atomic E-state index is -0.418. The Kier molecular flexibility index (Phi) is 5.46. The van der Waals surface area contributed by atoms with E-state index >= 15 is 0 Å². The van der Waals surface area contributed by atoms with Gasteiger partial charge in [0.2, 0.25) is 0 Å². The first kappa shape index (κ1) is 24.1. The van der Waals surface area contributed by atoms with Crippen molar-refractivity contribution >= 4 is 32.7 Å². The summed E-state index contributed by atoms with van der Waals surface area (Å²) in [5.74, 6) is 1.12. The number of pyridine rings is 2. The average molecular weight is 520 g/mol. The summed E-state index contributed by atoms with van der Waals surface area (Å²) in [6, 6.07) is 37.4. The zero-order valence-corrected chi connectivity index (χ0v) is 22.8. The monoisotopic (exact) mass is 519 g/mol. The van der Waals surface area contributed by atoms with Gasteiger partial charge in [-0.05, 0) is 60.0 Å². The van der Waals surface area contributed by atoms with Gasteiger partial charge in [0.15, 0.2) is 0 Å². The van der Waals surface area contributed by atoms with Crippen LogP contribution < -0.4 is 0 Å². The number of phenolic OH excluding ortho intramolecular Hbond substituents is 1. The number of para-hydroxylation sites is 1. The molecule has 0 aliphatic rings. The van der Waals surface area contributed by atoms with E-state index < -0.39 is 5.41 Å². The first-order valence-electron chi connectivity index (χ1n) is 13.6. The second kappa shape index (κ2) is 9.06. The van der Waals surface area contributed by atoms with Crippen molar-refractivity contribution in [3.05, 3.63) is 132 Å². The average Bonchev–Trinajstić information content (AvgIpc) is 3.31. The van der Waals surface area contributed by atoms with E-state index in [0.29, 0.717) is 5.52 Å². The summed E-state index contributed by atoms with van der Waals surface area (Å²) < 4.78 is 2.25. The lowest BCUT2D eigenvalue weighted by atomic mass is 9.80. The summed E-state index contributed by atoms with van der Waals surface area (Å²) in [5, 5.41) is 14.6. The molecule has 0 saturated heterocycles. The van der Waals surface area contributed by atoms with Gasteiger partial charge in [-0.15, -0.1) is 0 Å². The number of aromatic nitrogens is 3. The van der Waals surface area contributed by atoms with Gasteiger partial charge in [-0.25, -0.2) is 9.97 Å². The Morgan fingerprint density at radius 3 is 2.30 bits per heavy atom. The fraction of sp³-hybridized carbons (Fsp3) is 0.111. The number of benzene rings is 4. The highest BCUT2D eigenvalue weighted by Crippen LogP contribution is 2.39. The molecule has 4 aromatic carbocycles.